The summed E-state index contributed by atoms with van der Waals surface area (Å²) in [6.07, 6.45) is 7.14. The van der Waals surface area contributed by atoms with E-state index < -0.39 is 10.1 Å². The van der Waals surface area contributed by atoms with Crippen LogP contribution >= 0.6 is 23.2 Å². The van der Waals surface area contributed by atoms with E-state index >= 15 is 0 Å². The molecule has 5 nitrogen and oxygen atoms in total. The van der Waals surface area contributed by atoms with Crippen LogP contribution in [0.2, 0.25) is 10.0 Å². The Morgan fingerprint density at radius 3 is 2.37 bits per heavy atom. The molecule has 5 rings (SSSR count). The van der Waals surface area contributed by atoms with Crippen molar-refractivity contribution in [3.8, 4) is 0 Å². The maximum absolute atomic E-state index is 9.08. The number of halogens is 2. The molecule has 188 valence electrons. The second-order valence-corrected chi connectivity index (χ2v) is 12.3. The van der Waals surface area contributed by atoms with Gasteiger partial charge >= 0.3 is 5.90 Å². The van der Waals surface area contributed by atoms with Gasteiger partial charge < -0.3 is 9.29 Å². The molecule has 35 heavy (non-hydrogen) atoms. The molecule has 1 fully saturated rings. The molecule has 0 amide bonds. The van der Waals surface area contributed by atoms with Gasteiger partial charge in [-0.2, -0.15) is 4.58 Å². The molecule has 8 heteroatoms. The lowest BCUT2D eigenvalue weighted by Crippen LogP contribution is -2.46. The lowest BCUT2D eigenvalue weighted by Gasteiger charge is -2.38. The van der Waals surface area contributed by atoms with E-state index in [4.69, 9.17) is 40.9 Å². The average Bonchev–Trinajstić information content (AvgIpc) is 3.51. The molecule has 1 aliphatic carbocycles. The van der Waals surface area contributed by atoms with Crippen LogP contribution in [-0.2, 0) is 14.9 Å². The fourth-order valence-electron chi connectivity index (χ4n) is 5.59. The lowest BCUT2D eigenvalue weighted by molar-refractivity contribution is -0.614. The van der Waals surface area contributed by atoms with Crippen molar-refractivity contribution < 1.29 is 22.3 Å². The molecule has 2 aliphatic heterocycles. The van der Waals surface area contributed by atoms with Crippen molar-refractivity contribution in [2.45, 2.75) is 50.6 Å². The van der Waals surface area contributed by atoms with E-state index in [1.807, 2.05) is 24.3 Å². The number of rotatable bonds is 5. The Bertz CT molecular complexity index is 1220. The number of nitrogens with zero attached hydrogens (tertiary/aromatic N) is 1. The minimum Gasteiger partial charge on any atom is -0.748 e. The standard InChI is InChI=1S/C26H28Cl2NO.CH4O3S/c1-3-13-26(2)15-22(19-5-4-6-21(28)14-19)24(18-9-11-20(27)12-10-18)29-23(17-7-8-17)16-30-25(26)29;1-5(2,3)4/h3-6,9-12,14,17,22-24H,1,7-8,13,15-16H2,2H3;1H3,(H,2,3,4)/q+1;/p-1/t22-,23-,24-,26+;/m1./s1. The van der Waals surface area contributed by atoms with Crippen LogP contribution in [0.5, 0.6) is 0 Å². The summed E-state index contributed by atoms with van der Waals surface area (Å²) in [5, 5.41) is 1.56. The van der Waals surface area contributed by atoms with E-state index in [-0.39, 0.29) is 11.5 Å². The molecule has 2 heterocycles. The van der Waals surface area contributed by atoms with Gasteiger partial charge in [-0.3, -0.25) is 0 Å². The van der Waals surface area contributed by atoms with Gasteiger partial charge in [-0.25, -0.2) is 8.42 Å². The van der Waals surface area contributed by atoms with E-state index in [2.05, 4.69) is 48.4 Å². The van der Waals surface area contributed by atoms with Crippen molar-refractivity contribution in [2.75, 3.05) is 12.9 Å². The third-order valence-electron chi connectivity index (χ3n) is 7.10. The number of ether oxygens (including phenoxy) is 1. The molecule has 4 atom stereocenters. The topological polar surface area (TPSA) is 69.4 Å². The van der Waals surface area contributed by atoms with Crippen molar-refractivity contribution in [2.24, 2.45) is 11.3 Å². The Labute approximate surface area is 218 Å². The number of benzene rings is 2. The molecule has 0 saturated heterocycles. The Hall–Kier alpha value is -1.86. The van der Waals surface area contributed by atoms with E-state index in [1.54, 1.807) is 0 Å². The smallest absolute Gasteiger partial charge is 0.343 e. The monoisotopic (exact) mass is 535 g/mol. The van der Waals surface area contributed by atoms with Crippen molar-refractivity contribution in [3.05, 3.63) is 82.4 Å². The van der Waals surface area contributed by atoms with Gasteiger partial charge in [-0.05, 0) is 62.4 Å². The maximum Gasteiger partial charge on any atom is 0.343 e. The van der Waals surface area contributed by atoms with Crippen molar-refractivity contribution in [1.29, 1.82) is 0 Å². The zero-order valence-corrected chi connectivity index (χ0v) is 22.3. The molecular formula is C27H31Cl2NO4S. The second kappa shape index (κ2) is 10.3. The van der Waals surface area contributed by atoms with E-state index in [0.29, 0.717) is 18.2 Å². The molecular weight excluding hydrogens is 505 g/mol. The summed E-state index contributed by atoms with van der Waals surface area (Å²) < 4.78 is 36.3. The van der Waals surface area contributed by atoms with Crippen LogP contribution in [0.15, 0.2) is 61.2 Å². The van der Waals surface area contributed by atoms with Crippen LogP contribution in [0.25, 0.3) is 0 Å². The van der Waals surface area contributed by atoms with Gasteiger partial charge in [-0.1, -0.05) is 53.5 Å². The Balaban J connectivity index is 0.000000527. The first-order chi connectivity index (χ1) is 16.5. The Morgan fingerprint density at radius 1 is 1.14 bits per heavy atom. The van der Waals surface area contributed by atoms with Crippen molar-refractivity contribution in [1.82, 2.24) is 0 Å². The van der Waals surface area contributed by atoms with Crippen LogP contribution in [0.4, 0.5) is 0 Å². The normalized spacial score (nSPS) is 28.0. The van der Waals surface area contributed by atoms with Crippen LogP contribution < -0.4 is 0 Å². The van der Waals surface area contributed by atoms with Crippen LogP contribution in [0.3, 0.4) is 0 Å². The largest absolute Gasteiger partial charge is 0.748 e. The molecule has 1 saturated carbocycles. The molecule has 0 bridgehead atoms. The highest BCUT2D eigenvalue weighted by atomic mass is 35.5. The van der Waals surface area contributed by atoms with E-state index in [1.165, 1.54) is 24.0 Å². The van der Waals surface area contributed by atoms with Crippen molar-refractivity contribution >= 4 is 39.2 Å². The first kappa shape index (κ1) is 26.2. The van der Waals surface area contributed by atoms with Crippen LogP contribution in [-0.4, -0.2) is 42.3 Å². The molecule has 0 aromatic heterocycles. The molecule has 0 unspecified atom stereocenters. The summed E-state index contributed by atoms with van der Waals surface area (Å²) in [7, 11) is -3.92. The fraction of sp³-hybridized carbons (Fsp3) is 0.444. The van der Waals surface area contributed by atoms with E-state index in [9.17, 15) is 0 Å². The van der Waals surface area contributed by atoms with Gasteiger partial charge in [0.15, 0.2) is 18.7 Å². The zero-order chi connectivity index (χ0) is 25.4. The van der Waals surface area contributed by atoms with Crippen LogP contribution in [0.1, 0.15) is 55.7 Å². The first-order valence-electron chi connectivity index (χ1n) is 11.8. The Kier molecular flexibility index (Phi) is 7.68. The van der Waals surface area contributed by atoms with Gasteiger partial charge in [0.05, 0.1) is 21.5 Å². The average molecular weight is 537 g/mol. The summed E-state index contributed by atoms with van der Waals surface area (Å²) in [5.74, 6) is 2.18. The third-order valence-corrected chi connectivity index (χ3v) is 7.59. The number of hydrogen-bond acceptors (Lipinski definition) is 4. The molecule has 0 spiro atoms. The number of allylic oxidation sites excluding steroid dienone is 1. The minimum absolute atomic E-state index is 0.0682. The van der Waals surface area contributed by atoms with E-state index in [0.717, 1.165) is 41.3 Å². The lowest BCUT2D eigenvalue weighted by atomic mass is 9.69. The van der Waals surface area contributed by atoms with Gasteiger partial charge in [0, 0.05) is 27.8 Å². The Morgan fingerprint density at radius 2 is 1.80 bits per heavy atom. The third kappa shape index (κ3) is 6.11. The summed E-state index contributed by atoms with van der Waals surface area (Å²) in [4.78, 5) is 0. The predicted octanol–water partition coefficient (Wildman–Crippen LogP) is 6.19. The highest BCUT2D eigenvalue weighted by molar-refractivity contribution is 7.84. The van der Waals surface area contributed by atoms with Gasteiger partial charge in [-0.15, -0.1) is 6.58 Å². The van der Waals surface area contributed by atoms with Gasteiger partial charge in [0.1, 0.15) is 0 Å². The van der Waals surface area contributed by atoms with Crippen LogP contribution in [0, 0.1) is 11.3 Å². The van der Waals surface area contributed by atoms with Gasteiger partial charge in [0.2, 0.25) is 0 Å². The molecule has 0 N–H and O–H groups in total. The SMILES string of the molecule is C=CC[C@@]1(C)C[C@H](c2cccc(Cl)c2)[C@@H](c2ccc(Cl)cc2)[N+]2=C1OC[C@@H]2C1CC1.CS(=O)(=O)[O-]. The summed E-state index contributed by atoms with van der Waals surface area (Å²) in [6, 6.07) is 17.4. The summed E-state index contributed by atoms with van der Waals surface area (Å²) in [5.41, 5.74) is 2.51. The highest BCUT2D eigenvalue weighted by Gasteiger charge is 2.59. The molecule has 2 aromatic rings. The summed E-state index contributed by atoms with van der Waals surface area (Å²) >= 11 is 12.7. The predicted molar refractivity (Wildman–Crippen MR) is 139 cm³/mol. The summed E-state index contributed by atoms with van der Waals surface area (Å²) in [6.45, 7) is 7.18. The number of hydrogen-bond donors (Lipinski definition) is 0. The van der Waals surface area contributed by atoms with Crippen molar-refractivity contribution in [3.63, 3.8) is 0 Å². The quantitative estimate of drug-likeness (QED) is 0.260. The van der Waals surface area contributed by atoms with Gasteiger partial charge in [0.25, 0.3) is 0 Å². The minimum atomic E-state index is -3.92. The highest BCUT2D eigenvalue weighted by Crippen LogP contribution is 2.53. The zero-order valence-electron chi connectivity index (χ0n) is 20.0. The molecule has 0 radical (unpaired) electrons. The first-order valence-corrected chi connectivity index (χ1v) is 14.4. The maximum atomic E-state index is 9.08. The fourth-order valence-corrected chi connectivity index (χ4v) is 5.91. The molecule has 2 aromatic carbocycles. The second-order valence-electron chi connectivity index (χ2n) is 10.0. The molecule has 3 aliphatic rings.